The Morgan fingerprint density at radius 3 is 1.67 bits per heavy atom. The summed E-state index contributed by atoms with van der Waals surface area (Å²) in [5.74, 6) is 0. The molecule has 0 atom stereocenters. The largest absolute Gasteiger partial charge is 0.456 e. The average molecular weight is 703 g/mol. The molecule has 0 saturated heterocycles. The zero-order chi connectivity index (χ0) is 36.3. The maximum absolute atomic E-state index is 6.12. The number of benzene rings is 9. The summed E-state index contributed by atoms with van der Waals surface area (Å²) < 4.78 is 8.49. The van der Waals surface area contributed by atoms with Crippen molar-refractivity contribution in [1.29, 1.82) is 0 Å². The summed E-state index contributed by atoms with van der Waals surface area (Å²) in [4.78, 5) is 2.37. The Morgan fingerprint density at radius 1 is 0.327 bits per heavy atom. The van der Waals surface area contributed by atoms with Gasteiger partial charge in [0.25, 0.3) is 0 Å². The molecule has 0 saturated carbocycles. The van der Waals surface area contributed by atoms with Crippen molar-refractivity contribution in [1.82, 2.24) is 4.57 Å². The van der Waals surface area contributed by atoms with Gasteiger partial charge in [-0.25, -0.2) is 0 Å². The number of hydrogen-bond donors (Lipinski definition) is 0. The first kappa shape index (κ1) is 31.2. The molecular formula is C52H34N2O. The Bertz CT molecular complexity index is 3190. The molecule has 0 aliphatic carbocycles. The Morgan fingerprint density at radius 2 is 0.891 bits per heavy atom. The van der Waals surface area contributed by atoms with Crippen molar-refractivity contribution in [3.63, 3.8) is 0 Å². The monoisotopic (exact) mass is 702 g/mol. The van der Waals surface area contributed by atoms with Gasteiger partial charge in [0.05, 0.1) is 11.0 Å². The molecular weight excluding hydrogens is 669 g/mol. The van der Waals surface area contributed by atoms with Gasteiger partial charge in [-0.05, 0) is 118 Å². The number of nitrogens with zero attached hydrogens (tertiary/aromatic N) is 2. The van der Waals surface area contributed by atoms with Crippen LogP contribution < -0.4 is 4.90 Å². The van der Waals surface area contributed by atoms with Crippen LogP contribution in [-0.2, 0) is 0 Å². The van der Waals surface area contributed by atoms with Gasteiger partial charge in [0.15, 0.2) is 0 Å². The number of para-hydroxylation sites is 3. The van der Waals surface area contributed by atoms with Crippen molar-refractivity contribution in [2.75, 3.05) is 4.90 Å². The Balaban J connectivity index is 1.04. The van der Waals surface area contributed by atoms with Gasteiger partial charge in [-0.1, -0.05) is 121 Å². The molecule has 0 spiro atoms. The van der Waals surface area contributed by atoms with Gasteiger partial charge in [0.2, 0.25) is 0 Å². The maximum Gasteiger partial charge on any atom is 0.135 e. The Kier molecular flexibility index (Phi) is 7.17. The van der Waals surface area contributed by atoms with Crippen molar-refractivity contribution >= 4 is 71.6 Å². The van der Waals surface area contributed by atoms with Crippen LogP contribution in [0.3, 0.4) is 0 Å². The van der Waals surface area contributed by atoms with E-state index in [0.29, 0.717) is 0 Å². The van der Waals surface area contributed by atoms with Gasteiger partial charge < -0.3 is 13.9 Å². The van der Waals surface area contributed by atoms with E-state index in [1.54, 1.807) is 0 Å². The molecule has 0 aliphatic rings. The smallest absolute Gasteiger partial charge is 0.135 e. The number of furan rings is 1. The Hall–Kier alpha value is -7.36. The van der Waals surface area contributed by atoms with E-state index in [-0.39, 0.29) is 0 Å². The van der Waals surface area contributed by atoms with Crippen LogP contribution in [0.2, 0.25) is 0 Å². The van der Waals surface area contributed by atoms with Crippen molar-refractivity contribution in [2.24, 2.45) is 0 Å². The highest BCUT2D eigenvalue weighted by Crippen LogP contribution is 2.41. The first-order chi connectivity index (χ1) is 27.2. The van der Waals surface area contributed by atoms with Crippen LogP contribution in [-0.4, -0.2) is 4.57 Å². The van der Waals surface area contributed by atoms with Gasteiger partial charge in [-0.3, -0.25) is 0 Å². The predicted molar refractivity (Wildman–Crippen MR) is 231 cm³/mol. The molecule has 0 bridgehead atoms. The lowest BCUT2D eigenvalue weighted by Gasteiger charge is -2.26. The number of aromatic nitrogens is 1. The minimum Gasteiger partial charge on any atom is -0.456 e. The number of anilines is 3. The second kappa shape index (κ2) is 12.6. The normalized spacial score (nSPS) is 11.6. The first-order valence-corrected chi connectivity index (χ1v) is 18.7. The fourth-order valence-electron chi connectivity index (χ4n) is 8.28. The highest BCUT2D eigenvalue weighted by Gasteiger charge is 2.18. The molecule has 9 aromatic carbocycles. The summed E-state index contributed by atoms with van der Waals surface area (Å²) in [6.07, 6.45) is 0. The zero-order valence-corrected chi connectivity index (χ0v) is 29.9. The minimum absolute atomic E-state index is 0.906. The quantitative estimate of drug-likeness (QED) is 0.172. The van der Waals surface area contributed by atoms with Crippen molar-refractivity contribution in [3.05, 3.63) is 206 Å². The van der Waals surface area contributed by atoms with Gasteiger partial charge >= 0.3 is 0 Å². The second-order valence-electron chi connectivity index (χ2n) is 14.2. The average Bonchev–Trinajstić information content (AvgIpc) is 3.80. The Labute approximate surface area is 318 Å². The lowest BCUT2D eigenvalue weighted by molar-refractivity contribution is 0.669. The van der Waals surface area contributed by atoms with E-state index in [1.807, 2.05) is 12.1 Å². The molecule has 55 heavy (non-hydrogen) atoms. The molecule has 3 nitrogen and oxygen atoms in total. The highest BCUT2D eigenvalue weighted by molar-refractivity contribution is 6.11. The van der Waals surface area contributed by atoms with Crippen LogP contribution in [0.1, 0.15) is 0 Å². The fraction of sp³-hybridized carbons (Fsp3) is 0. The summed E-state index contributed by atoms with van der Waals surface area (Å²) in [5, 5.41) is 7.21. The van der Waals surface area contributed by atoms with Crippen molar-refractivity contribution < 1.29 is 4.42 Å². The summed E-state index contributed by atoms with van der Waals surface area (Å²) in [6.45, 7) is 0. The molecule has 11 aromatic rings. The molecule has 0 radical (unpaired) electrons. The summed E-state index contributed by atoms with van der Waals surface area (Å²) >= 11 is 0. The van der Waals surface area contributed by atoms with E-state index >= 15 is 0 Å². The van der Waals surface area contributed by atoms with E-state index < -0.39 is 0 Å². The highest BCUT2D eigenvalue weighted by atomic mass is 16.3. The molecule has 0 N–H and O–H groups in total. The van der Waals surface area contributed by atoms with Crippen LogP contribution in [0.5, 0.6) is 0 Å². The second-order valence-corrected chi connectivity index (χ2v) is 14.2. The van der Waals surface area contributed by atoms with Crippen LogP contribution in [0.15, 0.2) is 211 Å². The van der Waals surface area contributed by atoms with Gasteiger partial charge in [-0.2, -0.15) is 0 Å². The van der Waals surface area contributed by atoms with Crippen LogP contribution in [0.25, 0.3) is 82.5 Å². The lowest BCUT2D eigenvalue weighted by atomic mass is 10.0. The molecule has 2 heterocycles. The van der Waals surface area contributed by atoms with Crippen molar-refractivity contribution in [3.8, 4) is 27.9 Å². The molecule has 258 valence electrons. The molecule has 0 amide bonds. The van der Waals surface area contributed by atoms with Crippen LogP contribution in [0, 0.1) is 0 Å². The van der Waals surface area contributed by atoms with Gasteiger partial charge in [-0.15, -0.1) is 0 Å². The first-order valence-electron chi connectivity index (χ1n) is 18.7. The van der Waals surface area contributed by atoms with E-state index in [2.05, 4.69) is 204 Å². The SMILES string of the molecule is c1ccc(-n2c3ccccc3c3cc(N(c4ccc(-c5ccc6ccccc6c5)cc4)c4ccc(-c5ccc6oc7ccccc7c6c5)cc4)ccc32)cc1. The maximum atomic E-state index is 6.12. The summed E-state index contributed by atoms with van der Waals surface area (Å²) in [7, 11) is 0. The van der Waals surface area contributed by atoms with Gasteiger partial charge in [0.1, 0.15) is 11.2 Å². The third-order valence-electron chi connectivity index (χ3n) is 11.0. The van der Waals surface area contributed by atoms with Gasteiger partial charge in [0, 0.05) is 44.3 Å². The molecule has 0 unspecified atom stereocenters. The van der Waals surface area contributed by atoms with Crippen molar-refractivity contribution in [2.45, 2.75) is 0 Å². The number of fused-ring (bicyclic) bond motifs is 7. The van der Waals surface area contributed by atoms with E-state index in [4.69, 9.17) is 4.42 Å². The lowest BCUT2D eigenvalue weighted by Crippen LogP contribution is -2.10. The van der Waals surface area contributed by atoms with E-state index in [1.165, 1.54) is 43.7 Å². The standard InChI is InChI=1S/C52H34N2O/c1-2-12-41(13-3-1)54-49-16-8-6-14-45(49)47-34-44(29-30-50(47)54)53(42-25-20-36(21-26-42)39-19-18-35-10-4-5-11-38(35)32-39)43-27-22-37(23-28-43)40-24-31-52-48(33-40)46-15-7-9-17-51(46)55-52/h1-34H. The number of hydrogen-bond acceptors (Lipinski definition) is 2. The predicted octanol–water partition coefficient (Wildman–Crippen LogP) is 14.6. The third kappa shape index (κ3) is 5.28. The topological polar surface area (TPSA) is 21.3 Å². The molecule has 0 fully saturated rings. The zero-order valence-electron chi connectivity index (χ0n) is 29.9. The van der Waals surface area contributed by atoms with Crippen LogP contribution >= 0.6 is 0 Å². The summed E-state index contributed by atoms with van der Waals surface area (Å²) in [6, 6.07) is 74.1. The molecule has 3 heteroatoms. The third-order valence-corrected chi connectivity index (χ3v) is 11.0. The van der Waals surface area contributed by atoms with E-state index in [0.717, 1.165) is 55.8 Å². The molecule has 2 aromatic heterocycles. The van der Waals surface area contributed by atoms with E-state index in [9.17, 15) is 0 Å². The fourth-order valence-corrected chi connectivity index (χ4v) is 8.28. The number of rotatable bonds is 6. The van der Waals surface area contributed by atoms with Crippen LogP contribution in [0.4, 0.5) is 17.1 Å². The minimum atomic E-state index is 0.906. The molecule has 0 aliphatic heterocycles. The molecule has 11 rings (SSSR count). The summed E-state index contributed by atoms with van der Waals surface area (Å²) in [5.41, 5.74) is 13.3.